The van der Waals surface area contributed by atoms with E-state index in [1.165, 1.54) is 12.1 Å². The lowest BCUT2D eigenvalue weighted by Crippen LogP contribution is -2.31. The largest absolute Gasteiger partial charge is 0.369 e. The van der Waals surface area contributed by atoms with Gasteiger partial charge in [-0.05, 0) is 49.1 Å². The van der Waals surface area contributed by atoms with Crippen LogP contribution < -0.4 is 5.32 Å². The molecule has 4 aromatic rings. The molecule has 1 aliphatic heterocycles. The first-order chi connectivity index (χ1) is 16.7. The van der Waals surface area contributed by atoms with Crippen LogP contribution in [0.3, 0.4) is 0 Å². The number of H-pyrrole nitrogens is 1. The fourth-order valence-corrected chi connectivity index (χ4v) is 4.40. The van der Waals surface area contributed by atoms with E-state index in [1.807, 2.05) is 29.2 Å². The molecule has 174 valence electrons. The lowest BCUT2D eigenvalue weighted by Gasteiger charge is -2.22. The number of para-hydroxylation sites is 1. The molecule has 2 N–H and O–H groups in total. The zero-order chi connectivity index (χ0) is 23.3. The van der Waals surface area contributed by atoms with E-state index < -0.39 is 0 Å². The van der Waals surface area contributed by atoms with Crippen LogP contribution in [0.4, 0.5) is 10.2 Å². The van der Waals surface area contributed by atoms with Crippen molar-refractivity contribution in [1.82, 2.24) is 30.0 Å². The van der Waals surface area contributed by atoms with E-state index in [9.17, 15) is 9.18 Å². The number of carbonyl (C=O) groups is 1. The molecule has 8 nitrogen and oxygen atoms in total. The van der Waals surface area contributed by atoms with Crippen molar-refractivity contribution in [3.8, 4) is 0 Å². The van der Waals surface area contributed by atoms with Gasteiger partial charge in [0.05, 0.1) is 11.6 Å². The number of aromatic amines is 1. The standard InChI is InChI=1S/C25H26FN7O/c26-18-11-9-17(10-12-18)15-22-30-25(32-31-22)21-7-4-14-33(21)23(34)8-3-13-27-24-19-5-1-2-6-20(19)28-16-29-24/h1-2,5-6,9-12,16,21H,3-4,7-8,13-15H2,(H,27,28,29)(H,30,31,32)/t21-/m1/s1. The highest BCUT2D eigenvalue weighted by atomic mass is 19.1. The first kappa shape index (κ1) is 21.9. The molecule has 0 aliphatic carbocycles. The van der Waals surface area contributed by atoms with E-state index in [0.29, 0.717) is 37.5 Å². The van der Waals surface area contributed by atoms with Crippen molar-refractivity contribution in [2.45, 2.75) is 38.1 Å². The lowest BCUT2D eigenvalue weighted by molar-refractivity contribution is -0.132. The first-order valence-corrected chi connectivity index (χ1v) is 11.6. The van der Waals surface area contributed by atoms with Crippen molar-refractivity contribution in [2.75, 3.05) is 18.4 Å². The third kappa shape index (κ3) is 4.88. The average Bonchev–Trinajstić information content (AvgIpc) is 3.53. The molecule has 2 aromatic heterocycles. The van der Waals surface area contributed by atoms with Gasteiger partial charge in [0, 0.05) is 31.3 Å². The summed E-state index contributed by atoms with van der Waals surface area (Å²) < 4.78 is 13.1. The number of hydrogen-bond acceptors (Lipinski definition) is 6. The Kier molecular flexibility index (Phi) is 6.42. The maximum absolute atomic E-state index is 13.1. The lowest BCUT2D eigenvalue weighted by atomic mass is 10.1. The van der Waals surface area contributed by atoms with Crippen molar-refractivity contribution in [1.29, 1.82) is 0 Å². The maximum atomic E-state index is 13.1. The minimum absolute atomic E-state index is 0.107. The highest BCUT2D eigenvalue weighted by Gasteiger charge is 2.32. The molecule has 9 heteroatoms. The third-order valence-electron chi connectivity index (χ3n) is 6.11. The van der Waals surface area contributed by atoms with Crippen molar-refractivity contribution >= 4 is 22.6 Å². The van der Waals surface area contributed by atoms with E-state index in [-0.39, 0.29) is 17.8 Å². The van der Waals surface area contributed by atoms with Gasteiger partial charge >= 0.3 is 0 Å². The van der Waals surface area contributed by atoms with Crippen LogP contribution in [-0.4, -0.2) is 49.0 Å². The minimum Gasteiger partial charge on any atom is -0.369 e. The smallest absolute Gasteiger partial charge is 0.223 e. The molecule has 5 rings (SSSR count). The van der Waals surface area contributed by atoms with E-state index >= 15 is 0 Å². The minimum atomic E-state index is -0.261. The number of hydrogen-bond donors (Lipinski definition) is 2. The highest BCUT2D eigenvalue weighted by Crippen LogP contribution is 2.30. The second kappa shape index (κ2) is 9.94. The molecule has 1 atom stereocenters. The van der Waals surface area contributed by atoms with Crippen molar-refractivity contribution in [3.05, 3.63) is 77.9 Å². The Morgan fingerprint density at radius 2 is 2.00 bits per heavy atom. The molecule has 1 saturated heterocycles. The van der Waals surface area contributed by atoms with Crippen LogP contribution in [0.2, 0.25) is 0 Å². The molecule has 0 spiro atoms. The highest BCUT2D eigenvalue weighted by molar-refractivity contribution is 5.88. The molecular formula is C25H26FN7O. The van der Waals surface area contributed by atoms with Crippen LogP contribution in [-0.2, 0) is 11.2 Å². The van der Waals surface area contributed by atoms with E-state index in [0.717, 1.165) is 41.7 Å². The summed E-state index contributed by atoms with van der Waals surface area (Å²) in [6, 6.07) is 14.1. The number of anilines is 1. The SMILES string of the molecule is O=C(CCCNc1ncnc2ccccc12)N1CCC[C@@H]1c1n[nH]c(Cc2ccc(F)cc2)n1. The summed E-state index contributed by atoms with van der Waals surface area (Å²) in [5, 5.41) is 11.7. The summed E-state index contributed by atoms with van der Waals surface area (Å²) in [4.78, 5) is 28.1. The van der Waals surface area contributed by atoms with E-state index in [4.69, 9.17) is 0 Å². The van der Waals surface area contributed by atoms with Gasteiger partial charge in [-0.3, -0.25) is 9.89 Å². The van der Waals surface area contributed by atoms with Crippen molar-refractivity contribution in [2.24, 2.45) is 0 Å². The zero-order valence-electron chi connectivity index (χ0n) is 18.7. The second-order valence-corrected chi connectivity index (χ2v) is 8.46. The molecule has 0 bridgehead atoms. The fourth-order valence-electron chi connectivity index (χ4n) is 4.40. The predicted octanol–water partition coefficient (Wildman–Crippen LogP) is 4.03. The van der Waals surface area contributed by atoms with Gasteiger partial charge in [0.1, 0.15) is 23.8 Å². The number of nitrogens with one attached hydrogen (secondary N) is 2. The number of rotatable bonds is 8. The molecule has 2 aromatic carbocycles. The fraction of sp³-hybridized carbons (Fsp3) is 0.320. The molecule has 1 amide bonds. The molecule has 1 fully saturated rings. The first-order valence-electron chi connectivity index (χ1n) is 11.6. The van der Waals surface area contributed by atoms with E-state index in [1.54, 1.807) is 18.5 Å². The number of likely N-dealkylation sites (tertiary alicyclic amines) is 1. The Morgan fingerprint density at radius 3 is 2.88 bits per heavy atom. The van der Waals surface area contributed by atoms with Gasteiger partial charge in [-0.15, -0.1) is 0 Å². The van der Waals surface area contributed by atoms with Gasteiger partial charge in [-0.25, -0.2) is 19.3 Å². The predicted molar refractivity (Wildman–Crippen MR) is 127 cm³/mol. The van der Waals surface area contributed by atoms with Crippen molar-refractivity contribution in [3.63, 3.8) is 0 Å². The number of fused-ring (bicyclic) bond motifs is 1. The zero-order valence-corrected chi connectivity index (χ0v) is 18.7. The third-order valence-corrected chi connectivity index (χ3v) is 6.11. The molecule has 0 radical (unpaired) electrons. The quantitative estimate of drug-likeness (QED) is 0.386. The number of benzene rings is 2. The number of aromatic nitrogens is 5. The van der Waals surface area contributed by atoms with Gasteiger partial charge in [-0.2, -0.15) is 5.10 Å². The van der Waals surface area contributed by atoms with Crippen LogP contribution in [0.25, 0.3) is 10.9 Å². The summed E-state index contributed by atoms with van der Waals surface area (Å²) in [6.07, 6.45) is 5.01. The number of amides is 1. The normalized spacial score (nSPS) is 15.7. The Hall–Kier alpha value is -3.88. The Labute approximate surface area is 196 Å². The summed E-state index contributed by atoms with van der Waals surface area (Å²) in [7, 11) is 0. The number of carbonyl (C=O) groups excluding carboxylic acids is 1. The summed E-state index contributed by atoms with van der Waals surface area (Å²) in [5.74, 6) is 1.99. The van der Waals surface area contributed by atoms with Crippen LogP contribution in [0.5, 0.6) is 0 Å². The molecule has 1 aliphatic rings. The second-order valence-electron chi connectivity index (χ2n) is 8.46. The number of halogens is 1. The topological polar surface area (TPSA) is 99.7 Å². The van der Waals surface area contributed by atoms with Gasteiger partial charge in [0.25, 0.3) is 0 Å². The average molecular weight is 460 g/mol. The molecule has 0 unspecified atom stereocenters. The van der Waals surface area contributed by atoms with Gasteiger partial charge < -0.3 is 10.2 Å². The summed E-state index contributed by atoms with van der Waals surface area (Å²) in [6.45, 7) is 1.36. The van der Waals surface area contributed by atoms with E-state index in [2.05, 4.69) is 30.5 Å². The van der Waals surface area contributed by atoms with Crippen LogP contribution in [0.1, 0.15) is 48.9 Å². The molecule has 0 saturated carbocycles. The van der Waals surface area contributed by atoms with Gasteiger partial charge in [-0.1, -0.05) is 24.3 Å². The molecular weight excluding hydrogens is 433 g/mol. The summed E-state index contributed by atoms with van der Waals surface area (Å²) >= 11 is 0. The van der Waals surface area contributed by atoms with Gasteiger partial charge in [0.15, 0.2) is 5.82 Å². The maximum Gasteiger partial charge on any atom is 0.223 e. The molecule has 34 heavy (non-hydrogen) atoms. The Balaban J connectivity index is 1.15. The Morgan fingerprint density at radius 1 is 1.15 bits per heavy atom. The monoisotopic (exact) mass is 459 g/mol. The van der Waals surface area contributed by atoms with Crippen LogP contribution in [0.15, 0.2) is 54.9 Å². The van der Waals surface area contributed by atoms with Crippen molar-refractivity contribution < 1.29 is 9.18 Å². The van der Waals surface area contributed by atoms with Gasteiger partial charge in [0.2, 0.25) is 5.91 Å². The summed E-state index contributed by atoms with van der Waals surface area (Å²) in [5.41, 5.74) is 1.84. The van der Waals surface area contributed by atoms with Crippen LogP contribution >= 0.6 is 0 Å². The Bertz CT molecular complexity index is 1270. The number of nitrogens with zero attached hydrogens (tertiary/aromatic N) is 5. The van der Waals surface area contributed by atoms with Crippen LogP contribution in [0, 0.1) is 5.82 Å². The molecule has 3 heterocycles.